The van der Waals surface area contributed by atoms with Gasteiger partial charge in [0.2, 0.25) is 10.0 Å². The maximum Gasteiger partial charge on any atom is 0.216 e. The van der Waals surface area contributed by atoms with Gasteiger partial charge in [0.15, 0.2) is 0 Å². The van der Waals surface area contributed by atoms with Gasteiger partial charge in [0.1, 0.15) is 16.8 Å². The lowest BCUT2D eigenvalue weighted by molar-refractivity contribution is 0.460. The molecule has 3 N–H and O–H groups in total. The topological polar surface area (TPSA) is 103 Å². The van der Waals surface area contributed by atoms with Gasteiger partial charge in [-0.25, -0.2) is 22.6 Å². The number of hydrogen-bond donors (Lipinski definition) is 2. The van der Waals surface area contributed by atoms with Gasteiger partial charge in [-0.1, -0.05) is 37.3 Å². The van der Waals surface area contributed by atoms with Crippen LogP contribution in [-0.2, 0) is 10.0 Å². The van der Waals surface area contributed by atoms with Gasteiger partial charge >= 0.3 is 0 Å². The highest BCUT2D eigenvalue weighted by Gasteiger charge is 2.27. The van der Waals surface area contributed by atoms with Crippen molar-refractivity contribution in [3.05, 3.63) is 90.1 Å². The monoisotopic (exact) mass is 519 g/mol. The summed E-state index contributed by atoms with van der Waals surface area (Å²) < 4.78 is 42.0. The molecule has 7 nitrogen and oxygen atoms in total. The number of pyridine rings is 1. The van der Waals surface area contributed by atoms with Gasteiger partial charge in [0.05, 0.1) is 5.69 Å². The number of primary sulfonamides is 1. The predicted octanol–water partition coefficient (Wildman–Crippen LogP) is 4.95. The SMILES string of the molecule is CCC(c1cccc(-c2cn(-c3ccc(C4CCNCC4)cc3)nc2-c2ccncc2)c1F)S(N)(=O)=O. The average Bonchev–Trinajstić information content (AvgIpc) is 3.36. The fraction of sp³-hybridized carbons (Fsp3) is 0.286. The summed E-state index contributed by atoms with van der Waals surface area (Å²) in [5.41, 5.74) is 4.39. The highest BCUT2D eigenvalue weighted by atomic mass is 32.2. The number of nitrogens with one attached hydrogen (secondary N) is 1. The first-order valence-corrected chi connectivity index (χ1v) is 14.1. The number of nitrogens with zero attached hydrogens (tertiary/aromatic N) is 3. The molecule has 0 radical (unpaired) electrons. The number of hydrogen-bond acceptors (Lipinski definition) is 5. The van der Waals surface area contributed by atoms with E-state index in [1.54, 1.807) is 42.3 Å². The number of rotatable bonds is 7. The van der Waals surface area contributed by atoms with Crippen LogP contribution in [0.15, 0.2) is 73.2 Å². The van der Waals surface area contributed by atoms with Crippen molar-refractivity contribution in [2.75, 3.05) is 13.1 Å². The van der Waals surface area contributed by atoms with E-state index in [9.17, 15) is 8.42 Å². The third kappa shape index (κ3) is 5.20. The number of aromatic nitrogens is 3. The standard InChI is InChI=1S/C28H30FN5O2S/c1-2-26(37(30,35)36)24-5-3-4-23(27(24)29)25-18-34(33-28(25)21-12-16-32-17-13-21)22-8-6-19(7-9-22)20-10-14-31-15-11-20/h3-9,12-13,16-18,20,26,31H,2,10-11,14-15H2,1H3,(H2,30,35,36). The summed E-state index contributed by atoms with van der Waals surface area (Å²) in [7, 11) is -3.98. The lowest BCUT2D eigenvalue weighted by atomic mass is 9.90. The molecule has 0 saturated carbocycles. The fourth-order valence-corrected chi connectivity index (χ4v) is 6.12. The van der Waals surface area contributed by atoms with Crippen molar-refractivity contribution in [1.82, 2.24) is 20.1 Å². The zero-order chi connectivity index (χ0) is 26.0. The second-order valence-corrected chi connectivity index (χ2v) is 11.1. The van der Waals surface area contributed by atoms with Crippen LogP contribution in [0.25, 0.3) is 28.1 Å². The highest BCUT2D eigenvalue weighted by molar-refractivity contribution is 7.89. The van der Waals surface area contributed by atoms with Gasteiger partial charge < -0.3 is 5.32 Å². The van der Waals surface area contributed by atoms with Crippen molar-refractivity contribution in [3.8, 4) is 28.1 Å². The van der Waals surface area contributed by atoms with Crippen molar-refractivity contribution in [3.63, 3.8) is 0 Å². The van der Waals surface area contributed by atoms with E-state index >= 15 is 4.39 Å². The quantitative estimate of drug-likeness (QED) is 0.360. The molecule has 192 valence electrons. The first-order valence-electron chi connectivity index (χ1n) is 12.5. The van der Waals surface area contributed by atoms with E-state index < -0.39 is 21.1 Å². The lowest BCUT2D eigenvalue weighted by Gasteiger charge is -2.23. The van der Waals surface area contributed by atoms with Gasteiger partial charge in [-0.05, 0) is 68.1 Å². The van der Waals surface area contributed by atoms with Crippen LogP contribution in [0.1, 0.15) is 48.5 Å². The summed E-state index contributed by atoms with van der Waals surface area (Å²) in [4.78, 5) is 4.09. The minimum Gasteiger partial charge on any atom is -0.317 e. The second-order valence-electron chi connectivity index (χ2n) is 9.38. The van der Waals surface area contributed by atoms with Crippen LogP contribution in [0.5, 0.6) is 0 Å². The molecule has 0 spiro atoms. The van der Waals surface area contributed by atoms with Crippen LogP contribution >= 0.6 is 0 Å². The van der Waals surface area contributed by atoms with Crippen molar-refractivity contribution >= 4 is 10.0 Å². The summed E-state index contributed by atoms with van der Waals surface area (Å²) in [6.45, 7) is 3.73. The Morgan fingerprint density at radius 2 is 1.76 bits per heavy atom. The molecule has 1 aliphatic rings. The summed E-state index contributed by atoms with van der Waals surface area (Å²) in [5.74, 6) is -0.0717. The smallest absolute Gasteiger partial charge is 0.216 e. The Balaban J connectivity index is 1.60. The van der Waals surface area contributed by atoms with Crippen LogP contribution in [-0.4, -0.2) is 36.3 Å². The number of benzene rings is 2. The van der Waals surface area contributed by atoms with E-state index in [4.69, 9.17) is 10.2 Å². The number of sulfonamides is 1. The van der Waals surface area contributed by atoms with Crippen LogP contribution < -0.4 is 10.5 Å². The molecule has 0 aliphatic carbocycles. The third-order valence-electron chi connectivity index (χ3n) is 7.07. The molecule has 0 bridgehead atoms. The first kappa shape index (κ1) is 25.3. The van der Waals surface area contributed by atoms with Crippen LogP contribution in [0, 0.1) is 5.82 Å². The van der Waals surface area contributed by atoms with Gasteiger partial charge in [0, 0.05) is 40.8 Å². The molecule has 1 atom stereocenters. The molecule has 2 aromatic carbocycles. The van der Waals surface area contributed by atoms with Crippen LogP contribution in [0.2, 0.25) is 0 Å². The van der Waals surface area contributed by atoms with Gasteiger partial charge in [-0.15, -0.1) is 0 Å². The second kappa shape index (κ2) is 10.5. The molecular weight excluding hydrogens is 489 g/mol. The molecule has 4 aromatic rings. The van der Waals surface area contributed by atoms with Gasteiger partial charge in [0.25, 0.3) is 0 Å². The van der Waals surface area contributed by atoms with E-state index in [0.717, 1.165) is 37.2 Å². The van der Waals surface area contributed by atoms with Crippen molar-refractivity contribution in [2.24, 2.45) is 5.14 Å². The van der Waals surface area contributed by atoms with E-state index in [0.29, 0.717) is 17.2 Å². The van der Waals surface area contributed by atoms with Crippen molar-refractivity contribution in [1.29, 1.82) is 0 Å². The van der Waals surface area contributed by atoms with Gasteiger partial charge in [-0.2, -0.15) is 5.10 Å². The molecule has 1 fully saturated rings. The normalized spacial score (nSPS) is 15.5. The molecule has 9 heteroatoms. The van der Waals surface area contributed by atoms with E-state index in [-0.39, 0.29) is 17.5 Å². The fourth-order valence-electron chi connectivity index (χ4n) is 5.12. The lowest BCUT2D eigenvalue weighted by Crippen LogP contribution is -2.26. The molecular formula is C28H30FN5O2S. The molecule has 0 amide bonds. The molecule has 3 heterocycles. The minimum atomic E-state index is -3.98. The largest absolute Gasteiger partial charge is 0.317 e. The zero-order valence-electron chi connectivity index (χ0n) is 20.6. The number of halogens is 1. The third-order valence-corrected chi connectivity index (χ3v) is 8.45. The summed E-state index contributed by atoms with van der Waals surface area (Å²) >= 11 is 0. The van der Waals surface area contributed by atoms with E-state index in [1.807, 2.05) is 24.3 Å². The molecule has 1 unspecified atom stereocenters. The number of nitrogens with two attached hydrogens (primary N) is 1. The Morgan fingerprint density at radius 3 is 2.41 bits per heavy atom. The van der Waals surface area contributed by atoms with Crippen molar-refractivity contribution < 1.29 is 12.8 Å². The average molecular weight is 520 g/mol. The van der Waals surface area contributed by atoms with E-state index in [1.165, 1.54) is 11.6 Å². The summed E-state index contributed by atoms with van der Waals surface area (Å²) in [6, 6.07) is 16.7. The van der Waals surface area contributed by atoms with Gasteiger partial charge in [-0.3, -0.25) is 4.98 Å². The maximum absolute atomic E-state index is 15.9. The summed E-state index contributed by atoms with van der Waals surface area (Å²) in [5, 5.41) is 12.5. The Hall–Kier alpha value is -3.40. The molecule has 37 heavy (non-hydrogen) atoms. The van der Waals surface area contributed by atoms with Crippen molar-refractivity contribution in [2.45, 2.75) is 37.4 Å². The molecule has 2 aromatic heterocycles. The Bertz CT molecular complexity index is 1480. The minimum absolute atomic E-state index is 0.0576. The predicted molar refractivity (Wildman–Crippen MR) is 143 cm³/mol. The molecule has 5 rings (SSSR count). The molecule has 1 saturated heterocycles. The Morgan fingerprint density at radius 1 is 1.05 bits per heavy atom. The Labute approximate surface area is 216 Å². The Kier molecular flexibility index (Phi) is 7.19. The van der Waals surface area contributed by atoms with Crippen LogP contribution in [0.3, 0.4) is 0 Å². The maximum atomic E-state index is 15.9. The highest BCUT2D eigenvalue weighted by Crippen LogP contribution is 2.37. The zero-order valence-corrected chi connectivity index (χ0v) is 21.5. The molecule has 1 aliphatic heterocycles. The summed E-state index contributed by atoms with van der Waals surface area (Å²) in [6.07, 6.45) is 7.50. The van der Waals surface area contributed by atoms with E-state index in [2.05, 4.69) is 22.4 Å². The number of piperidine rings is 1. The first-order chi connectivity index (χ1) is 17.9. The van der Waals surface area contributed by atoms with Crippen LogP contribution in [0.4, 0.5) is 4.39 Å².